The Morgan fingerprint density at radius 2 is 2.00 bits per heavy atom. The number of rotatable bonds is 5. The van der Waals surface area contributed by atoms with Crippen molar-refractivity contribution in [1.29, 1.82) is 0 Å². The third-order valence-electron chi connectivity index (χ3n) is 2.35. The zero-order valence-corrected chi connectivity index (χ0v) is 8.68. The van der Waals surface area contributed by atoms with Crippen LogP contribution < -0.4 is 5.73 Å². The molecule has 4 heteroatoms. The molecule has 1 heterocycles. The van der Waals surface area contributed by atoms with Gasteiger partial charge in [-0.05, 0) is 18.9 Å². The van der Waals surface area contributed by atoms with Gasteiger partial charge in [0.25, 0.3) is 0 Å². The quantitative estimate of drug-likeness (QED) is 0.585. The van der Waals surface area contributed by atoms with Gasteiger partial charge in [0.1, 0.15) is 0 Å². The lowest BCUT2D eigenvalue weighted by molar-refractivity contribution is -0.0663. The van der Waals surface area contributed by atoms with Gasteiger partial charge in [-0.15, -0.1) is 0 Å². The van der Waals surface area contributed by atoms with Gasteiger partial charge in [-0.25, -0.2) is 0 Å². The second kappa shape index (κ2) is 4.28. The van der Waals surface area contributed by atoms with E-state index in [0.717, 1.165) is 5.56 Å². The van der Waals surface area contributed by atoms with E-state index < -0.39 is 5.97 Å². The fourth-order valence-electron chi connectivity index (χ4n) is 1.51. The molecule has 4 nitrogen and oxygen atoms in total. The Kier molecular flexibility index (Phi) is 3.02. The number of nitrogens with two attached hydrogens (primary N) is 1. The van der Waals surface area contributed by atoms with Crippen LogP contribution in [0, 0.1) is 0 Å². The fraction of sp³-hybridized carbons (Fsp3) is 0.455. The Hall–Kier alpha value is -0.940. The SMILES string of the molecule is CCOC1(C(N)Cc2ccccc2)OO1. The number of ether oxygens (including phenoxy) is 1. The second-order valence-electron chi connectivity index (χ2n) is 3.50. The summed E-state index contributed by atoms with van der Waals surface area (Å²) in [6, 6.07) is 9.65. The molecule has 2 N–H and O–H groups in total. The van der Waals surface area contributed by atoms with E-state index in [1.807, 2.05) is 37.3 Å². The molecule has 2 rings (SSSR count). The molecule has 1 unspecified atom stereocenters. The maximum Gasteiger partial charge on any atom is 0.355 e. The van der Waals surface area contributed by atoms with Gasteiger partial charge in [-0.1, -0.05) is 30.3 Å². The summed E-state index contributed by atoms with van der Waals surface area (Å²) in [5.74, 6) is -1.01. The highest BCUT2D eigenvalue weighted by molar-refractivity contribution is 5.16. The minimum atomic E-state index is -1.01. The molecule has 15 heavy (non-hydrogen) atoms. The fourth-order valence-corrected chi connectivity index (χ4v) is 1.51. The van der Waals surface area contributed by atoms with E-state index in [-0.39, 0.29) is 6.04 Å². The highest BCUT2D eigenvalue weighted by Gasteiger charge is 2.56. The number of benzene rings is 1. The first-order valence-electron chi connectivity index (χ1n) is 5.07. The highest BCUT2D eigenvalue weighted by Crippen LogP contribution is 2.34. The van der Waals surface area contributed by atoms with Gasteiger partial charge in [-0.3, -0.25) is 0 Å². The molecule has 0 saturated carbocycles. The number of hydrogen-bond acceptors (Lipinski definition) is 4. The van der Waals surface area contributed by atoms with Crippen molar-refractivity contribution in [3.8, 4) is 0 Å². The predicted molar refractivity (Wildman–Crippen MR) is 54.6 cm³/mol. The summed E-state index contributed by atoms with van der Waals surface area (Å²) in [5.41, 5.74) is 7.10. The summed E-state index contributed by atoms with van der Waals surface area (Å²) in [6.07, 6.45) is 0.668. The third-order valence-corrected chi connectivity index (χ3v) is 2.35. The van der Waals surface area contributed by atoms with Gasteiger partial charge in [0.2, 0.25) is 0 Å². The minimum Gasteiger partial charge on any atom is -0.323 e. The van der Waals surface area contributed by atoms with Crippen LogP contribution in [0.4, 0.5) is 0 Å². The van der Waals surface area contributed by atoms with Crippen LogP contribution >= 0.6 is 0 Å². The largest absolute Gasteiger partial charge is 0.355 e. The Morgan fingerprint density at radius 1 is 1.33 bits per heavy atom. The molecule has 1 aromatic carbocycles. The summed E-state index contributed by atoms with van der Waals surface area (Å²) >= 11 is 0. The van der Waals surface area contributed by atoms with Crippen molar-refractivity contribution in [2.45, 2.75) is 25.4 Å². The van der Waals surface area contributed by atoms with E-state index in [9.17, 15) is 0 Å². The average Bonchev–Trinajstić information content (AvgIpc) is 3.01. The smallest absolute Gasteiger partial charge is 0.323 e. The molecule has 1 aromatic rings. The molecule has 1 aliphatic rings. The molecule has 0 aromatic heterocycles. The van der Waals surface area contributed by atoms with Crippen molar-refractivity contribution in [1.82, 2.24) is 0 Å². The number of hydrogen-bond donors (Lipinski definition) is 1. The van der Waals surface area contributed by atoms with Crippen LogP contribution in [0.2, 0.25) is 0 Å². The standard InChI is InChI=1S/C11H15NO3/c1-2-13-11(14-15-11)10(12)8-9-6-4-3-5-7-9/h3-7,10H,2,8,12H2,1H3. The summed E-state index contributed by atoms with van der Waals surface area (Å²) in [4.78, 5) is 9.65. The van der Waals surface area contributed by atoms with E-state index in [2.05, 4.69) is 0 Å². The van der Waals surface area contributed by atoms with Gasteiger partial charge in [0.05, 0.1) is 6.04 Å². The van der Waals surface area contributed by atoms with Crippen LogP contribution in [0.25, 0.3) is 0 Å². The van der Waals surface area contributed by atoms with Gasteiger partial charge in [-0.2, -0.15) is 9.78 Å². The van der Waals surface area contributed by atoms with Gasteiger partial charge < -0.3 is 10.5 Å². The van der Waals surface area contributed by atoms with E-state index in [0.29, 0.717) is 13.0 Å². The lowest BCUT2D eigenvalue weighted by Gasteiger charge is -2.15. The van der Waals surface area contributed by atoms with Crippen LogP contribution in [0.3, 0.4) is 0 Å². The first-order chi connectivity index (χ1) is 7.27. The van der Waals surface area contributed by atoms with Crippen molar-refractivity contribution in [2.24, 2.45) is 5.73 Å². The third kappa shape index (κ3) is 2.35. The van der Waals surface area contributed by atoms with E-state index >= 15 is 0 Å². The van der Waals surface area contributed by atoms with Crippen LogP contribution in [-0.4, -0.2) is 18.6 Å². The monoisotopic (exact) mass is 209 g/mol. The molecular weight excluding hydrogens is 194 g/mol. The molecule has 0 amide bonds. The topological polar surface area (TPSA) is 60.3 Å². The zero-order chi connectivity index (χ0) is 10.7. The van der Waals surface area contributed by atoms with E-state index in [1.165, 1.54) is 0 Å². The van der Waals surface area contributed by atoms with Crippen molar-refractivity contribution in [2.75, 3.05) is 6.61 Å². The van der Waals surface area contributed by atoms with Crippen LogP contribution in [0.1, 0.15) is 12.5 Å². The molecule has 0 bridgehead atoms. The Bertz CT molecular complexity index is 311. The van der Waals surface area contributed by atoms with Crippen molar-refractivity contribution >= 4 is 0 Å². The Morgan fingerprint density at radius 3 is 2.53 bits per heavy atom. The maximum atomic E-state index is 5.96. The highest BCUT2D eigenvalue weighted by atomic mass is 17.5. The average molecular weight is 209 g/mol. The molecular formula is C11H15NO3. The van der Waals surface area contributed by atoms with E-state index in [4.69, 9.17) is 20.2 Å². The predicted octanol–water partition coefficient (Wildman–Crippen LogP) is 1.21. The van der Waals surface area contributed by atoms with E-state index in [1.54, 1.807) is 0 Å². The maximum absolute atomic E-state index is 5.96. The lowest BCUT2D eigenvalue weighted by atomic mass is 10.1. The zero-order valence-electron chi connectivity index (χ0n) is 8.68. The Labute approximate surface area is 88.9 Å². The first kappa shape index (κ1) is 10.6. The van der Waals surface area contributed by atoms with Gasteiger partial charge >= 0.3 is 5.97 Å². The summed E-state index contributed by atoms with van der Waals surface area (Å²) < 4.78 is 5.30. The first-order valence-corrected chi connectivity index (χ1v) is 5.07. The molecule has 1 fully saturated rings. The molecule has 1 saturated heterocycles. The van der Waals surface area contributed by atoms with Crippen LogP contribution in [0.15, 0.2) is 30.3 Å². The second-order valence-corrected chi connectivity index (χ2v) is 3.50. The Balaban J connectivity index is 1.95. The molecule has 0 spiro atoms. The molecule has 82 valence electrons. The molecule has 1 aliphatic heterocycles. The summed E-state index contributed by atoms with van der Waals surface area (Å²) in [5, 5.41) is 0. The summed E-state index contributed by atoms with van der Waals surface area (Å²) in [6.45, 7) is 2.39. The minimum absolute atomic E-state index is 0.306. The van der Waals surface area contributed by atoms with Crippen molar-refractivity contribution in [3.05, 3.63) is 35.9 Å². The van der Waals surface area contributed by atoms with Crippen molar-refractivity contribution in [3.63, 3.8) is 0 Å². The van der Waals surface area contributed by atoms with Crippen LogP contribution in [-0.2, 0) is 20.9 Å². The normalized spacial score (nSPS) is 19.9. The van der Waals surface area contributed by atoms with Gasteiger partial charge in [0, 0.05) is 6.61 Å². The van der Waals surface area contributed by atoms with Gasteiger partial charge in [0.15, 0.2) is 0 Å². The molecule has 0 aliphatic carbocycles. The van der Waals surface area contributed by atoms with Crippen molar-refractivity contribution < 1.29 is 14.5 Å². The molecule has 0 radical (unpaired) electrons. The lowest BCUT2D eigenvalue weighted by Crippen LogP contribution is -2.41. The van der Waals surface area contributed by atoms with Crippen LogP contribution in [0.5, 0.6) is 0 Å². The molecule has 1 atom stereocenters. The summed E-state index contributed by atoms with van der Waals surface area (Å²) in [7, 11) is 0.